The van der Waals surface area contributed by atoms with Gasteiger partial charge in [-0.2, -0.15) is 0 Å². The fraction of sp³-hybridized carbons (Fsp3) is 0. The van der Waals surface area contributed by atoms with E-state index in [2.05, 4.69) is 0 Å². The van der Waals surface area contributed by atoms with Crippen LogP contribution in [0.5, 0.6) is 17.2 Å². The number of hydrogen-bond donors (Lipinski definition) is 6. The lowest BCUT2D eigenvalue weighted by Crippen LogP contribution is -1.95. The molecule has 0 unspecified atom stereocenters. The van der Waals surface area contributed by atoms with Crippen molar-refractivity contribution in [3.8, 4) is 17.2 Å². The summed E-state index contributed by atoms with van der Waals surface area (Å²) in [7, 11) is 0. The lowest BCUT2D eigenvalue weighted by atomic mass is 10.2. The van der Waals surface area contributed by atoms with Crippen LogP contribution in [0.15, 0.2) is 72.8 Å². The standard InChI is InChI=1S/3C7H6O3.Mg.2H/c3*8-6-4-2-1-3-5(6)7(9)10;;;/h3*1-4,8H,(H,9,10);;;. The van der Waals surface area contributed by atoms with Crippen molar-refractivity contribution in [2.75, 3.05) is 0 Å². The molecular formula is C21H20MgO9. The number of carbonyl (C=O) groups is 3. The molecule has 0 spiro atoms. The average molecular weight is 441 g/mol. The third-order valence-electron chi connectivity index (χ3n) is 3.40. The average Bonchev–Trinajstić information content (AvgIpc) is 2.69. The third-order valence-corrected chi connectivity index (χ3v) is 3.40. The first kappa shape index (κ1) is 27.2. The number of carboxylic acids is 3. The zero-order valence-electron chi connectivity index (χ0n) is 15.3. The van der Waals surface area contributed by atoms with Gasteiger partial charge in [-0.15, -0.1) is 0 Å². The van der Waals surface area contributed by atoms with Gasteiger partial charge in [0, 0.05) is 0 Å². The van der Waals surface area contributed by atoms with E-state index in [1.807, 2.05) is 0 Å². The van der Waals surface area contributed by atoms with E-state index in [0.717, 1.165) is 0 Å². The third kappa shape index (κ3) is 9.06. The Labute approximate surface area is 192 Å². The molecule has 160 valence electrons. The van der Waals surface area contributed by atoms with E-state index in [0.29, 0.717) is 0 Å². The van der Waals surface area contributed by atoms with Gasteiger partial charge < -0.3 is 30.6 Å². The molecule has 9 nitrogen and oxygen atoms in total. The predicted molar refractivity (Wildman–Crippen MR) is 114 cm³/mol. The summed E-state index contributed by atoms with van der Waals surface area (Å²) >= 11 is 0. The van der Waals surface area contributed by atoms with Crippen LogP contribution in [0.25, 0.3) is 0 Å². The molecule has 0 heterocycles. The Morgan fingerprint density at radius 1 is 0.452 bits per heavy atom. The van der Waals surface area contributed by atoms with Gasteiger partial charge in [-0.05, 0) is 36.4 Å². The summed E-state index contributed by atoms with van der Waals surface area (Å²) in [6.45, 7) is 0. The fourth-order valence-electron chi connectivity index (χ4n) is 1.96. The Hall–Kier alpha value is -3.76. The van der Waals surface area contributed by atoms with Crippen molar-refractivity contribution in [3.63, 3.8) is 0 Å². The van der Waals surface area contributed by atoms with Crippen LogP contribution in [-0.2, 0) is 0 Å². The molecule has 0 saturated carbocycles. The van der Waals surface area contributed by atoms with Crippen LogP contribution in [0.3, 0.4) is 0 Å². The summed E-state index contributed by atoms with van der Waals surface area (Å²) in [5.41, 5.74) is -0.201. The van der Waals surface area contributed by atoms with Gasteiger partial charge >= 0.3 is 41.0 Å². The highest BCUT2D eigenvalue weighted by Crippen LogP contribution is 2.15. The van der Waals surface area contributed by atoms with Gasteiger partial charge in [0.25, 0.3) is 0 Å². The summed E-state index contributed by atoms with van der Waals surface area (Å²) in [4.78, 5) is 30.8. The Morgan fingerprint density at radius 3 is 0.774 bits per heavy atom. The second-order valence-electron chi connectivity index (χ2n) is 5.47. The van der Waals surface area contributed by atoms with Gasteiger partial charge in [0.2, 0.25) is 0 Å². The lowest BCUT2D eigenvalue weighted by Gasteiger charge is -1.95. The van der Waals surface area contributed by atoms with Crippen LogP contribution in [0.2, 0.25) is 0 Å². The van der Waals surface area contributed by atoms with Crippen LogP contribution in [-0.4, -0.2) is 71.6 Å². The van der Waals surface area contributed by atoms with Gasteiger partial charge in [-0.25, -0.2) is 14.4 Å². The molecule has 0 aromatic heterocycles. The minimum atomic E-state index is -1.11. The van der Waals surface area contributed by atoms with Crippen molar-refractivity contribution in [2.45, 2.75) is 0 Å². The molecule has 0 amide bonds. The van der Waals surface area contributed by atoms with Crippen LogP contribution in [0.4, 0.5) is 0 Å². The summed E-state index contributed by atoms with van der Waals surface area (Å²) in [5.74, 6) is -3.94. The van der Waals surface area contributed by atoms with Crippen LogP contribution in [0, 0.1) is 0 Å². The molecule has 3 aromatic rings. The second-order valence-corrected chi connectivity index (χ2v) is 5.47. The first-order valence-electron chi connectivity index (χ1n) is 8.19. The largest absolute Gasteiger partial charge is 0.507 e. The van der Waals surface area contributed by atoms with E-state index in [-0.39, 0.29) is 57.0 Å². The minimum absolute atomic E-state index is 0. The number of aromatic hydroxyl groups is 3. The van der Waals surface area contributed by atoms with Crippen LogP contribution < -0.4 is 0 Å². The minimum Gasteiger partial charge on any atom is -0.507 e. The van der Waals surface area contributed by atoms with Gasteiger partial charge in [0.05, 0.1) is 0 Å². The predicted octanol–water partition coefficient (Wildman–Crippen LogP) is 2.36. The molecule has 0 aliphatic rings. The number of hydrogen-bond acceptors (Lipinski definition) is 6. The number of rotatable bonds is 3. The Balaban J connectivity index is 0.000000429. The number of aromatic carboxylic acids is 3. The maximum Gasteiger partial charge on any atom is 0.339 e. The van der Waals surface area contributed by atoms with Crippen LogP contribution >= 0.6 is 0 Å². The summed E-state index contributed by atoms with van der Waals surface area (Å²) in [6.07, 6.45) is 0. The van der Waals surface area contributed by atoms with Crippen molar-refractivity contribution in [1.29, 1.82) is 0 Å². The highest BCUT2D eigenvalue weighted by atomic mass is 24.3. The van der Waals surface area contributed by atoms with Crippen LogP contribution in [0.1, 0.15) is 31.1 Å². The highest BCUT2D eigenvalue weighted by Gasteiger charge is 2.07. The van der Waals surface area contributed by atoms with Crippen molar-refractivity contribution in [1.82, 2.24) is 0 Å². The van der Waals surface area contributed by atoms with Crippen molar-refractivity contribution >= 4 is 41.0 Å². The van der Waals surface area contributed by atoms with E-state index >= 15 is 0 Å². The quantitative estimate of drug-likeness (QED) is 0.334. The van der Waals surface area contributed by atoms with E-state index in [9.17, 15) is 14.4 Å². The molecule has 31 heavy (non-hydrogen) atoms. The molecule has 3 aromatic carbocycles. The monoisotopic (exact) mass is 440 g/mol. The van der Waals surface area contributed by atoms with E-state index in [4.69, 9.17) is 30.6 Å². The molecule has 0 fully saturated rings. The topological polar surface area (TPSA) is 173 Å². The Kier molecular flexibility index (Phi) is 11.8. The van der Waals surface area contributed by atoms with Crippen molar-refractivity contribution in [2.24, 2.45) is 0 Å². The summed E-state index contributed by atoms with van der Waals surface area (Å²) in [5, 5.41) is 51.9. The first-order chi connectivity index (χ1) is 14.1. The van der Waals surface area contributed by atoms with Gasteiger partial charge in [-0.3, -0.25) is 0 Å². The molecule has 3 rings (SSSR count). The number of phenols is 3. The number of para-hydroxylation sites is 3. The van der Waals surface area contributed by atoms with E-state index in [1.165, 1.54) is 36.4 Å². The second kappa shape index (κ2) is 13.5. The van der Waals surface area contributed by atoms with Crippen molar-refractivity contribution in [3.05, 3.63) is 89.5 Å². The summed E-state index contributed by atoms with van der Waals surface area (Å²) < 4.78 is 0. The zero-order chi connectivity index (χ0) is 22.7. The normalized spacial score (nSPS) is 8.90. The maximum atomic E-state index is 10.3. The molecular weight excluding hydrogens is 421 g/mol. The van der Waals surface area contributed by atoms with Gasteiger partial charge in [0.15, 0.2) is 0 Å². The molecule has 0 aliphatic heterocycles. The zero-order valence-corrected chi connectivity index (χ0v) is 15.3. The molecule has 0 aliphatic carbocycles. The Morgan fingerprint density at radius 2 is 0.645 bits per heavy atom. The number of benzene rings is 3. The lowest BCUT2D eigenvalue weighted by molar-refractivity contribution is 0.0682. The van der Waals surface area contributed by atoms with E-state index in [1.54, 1.807) is 36.4 Å². The van der Waals surface area contributed by atoms with Crippen molar-refractivity contribution < 1.29 is 45.0 Å². The molecule has 0 bridgehead atoms. The van der Waals surface area contributed by atoms with Gasteiger partial charge in [-0.1, -0.05) is 36.4 Å². The molecule has 0 atom stereocenters. The first-order valence-corrected chi connectivity index (χ1v) is 8.19. The fourth-order valence-corrected chi connectivity index (χ4v) is 1.96. The van der Waals surface area contributed by atoms with Gasteiger partial charge in [0.1, 0.15) is 33.9 Å². The molecule has 6 N–H and O–H groups in total. The SMILES string of the molecule is O=C(O)c1ccccc1O.O=C(O)c1ccccc1O.O=C(O)c1ccccc1O.[MgH2]. The highest BCUT2D eigenvalue weighted by molar-refractivity contribution is 5.91. The number of carboxylic acid groups (broad SMARTS) is 3. The van der Waals surface area contributed by atoms with E-state index < -0.39 is 17.9 Å². The summed E-state index contributed by atoms with van der Waals surface area (Å²) in [6, 6.07) is 17.4. The Bertz CT molecular complexity index is 903. The maximum absolute atomic E-state index is 10.3. The molecule has 10 heteroatoms. The molecule has 0 radical (unpaired) electrons. The molecule has 0 saturated heterocycles. The smallest absolute Gasteiger partial charge is 0.339 e.